The van der Waals surface area contributed by atoms with E-state index in [2.05, 4.69) is 13.8 Å². The zero-order valence-corrected chi connectivity index (χ0v) is 14.8. The van der Waals surface area contributed by atoms with E-state index in [0.717, 1.165) is 36.8 Å². The standard InChI is InChI=1S/C22H28F2/c1-3-5-13-21(23)19-11-7-9-17(15-19)18-10-8-12-20(16-18)22(24)14-6-4-2/h7-12,15-16,21-22H,3-6,13-14H2,1-2H3. The predicted octanol–water partition coefficient (Wildman–Crippen LogP) is 7.76. The molecule has 0 amide bonds. The van der Waals surface area contributed by atoms with Crippen LogP contribution in [-0.2, 0) is 0 Å². The molecule has 2 rings (SSSR count). The van der Waals surface area contributed by atoms with Crippen molar-refractivity contribution >= 4 is 0 Å². The van der Waals surface area contributed by atoms with Gasteiger partial charge in [-0.2, -0.15) is 0 Å². The molecule has 0 N–H and O–H groups in total. The Morgan fingerprint density at radius 3 is 1.50 bits per heavy atom. The van der Waals surface area contributed by atoms with E-state index in [0.29, 0.717) is 24.0 Å². The highest BCUT2D eigenvalue weighted by molar-refractivity contribution is 5.65. The lowest BCUT2D eigenvalue weighted by Gasteiger charge is -2.12. The normalized spacial score (nSPS) is 13.7. The molecule has 0 fully saturated rings. The van der Waals surface area contributed by atoms with Crippen molar-refractivity contribution in [1.29, 1.82) is 0 Å². The maximum Gasteiger partial charge on any atom is 0.125 e. The quantitative estimate of drug-likeness (QED) is 0.441. The van der Waals surface area contributed by atoms with Crippen LogP contribution < -0.4 is 0 Å². The van der Waals surface area contributed by atoms with Crippen LogP contribution in [0.1, 0.15) is 75.8 Å². The fraction of sp³-hybridized carbons (Fsp3) is 0.455. The Kier molecular flexibility index (Phi) is 7.42. The fourth-order valence-corrected chi connectivity index (χ4v) is 2.93. The van der Waals surface area contributed by atoms with Gasteiger partial charge in [0.15, 0.2) is 0 Å². The second-order valence-electron chi connectivity index (χ2n) is 6.47. The third-order valence-electron chi connectivity index (χ3n) is 4.45. The van der Waals surface area contributed by atoms with Crippen molar-refractivity contribution in [1.82, 2.24) is 0 Å². The number of alkyl halides is 2. The van der Waals surface area contributed by atoms with Gasteiger partial charge in [-0.05, 0) is 47.2 Å². The molecule has 0 saturated heterocycles. The number of hydrogen-bond donors (Lipinski definition) is 0. The molecule has 2 atom stereocenters. The van der Waals surface area contributed by atoms with Gasteiger partial charge in [-0.15, -0.1) is 0 Å². The van der Waals surface area contributed by atoms with E-state index >= 15 is 0 Å². The number of unbranched alkanes of at least 4 members (excludes halogenated alkanes) is 2. The van der Waals surface area contributed by atoms with Gasteiger partial charge < -0.3 is 0 Å². The zero-order valence-electron chi connectivity index (χ0n) is 14.8. The molecule has 0 aliphatic heterocycles. The Bertz CT molecular complexity index is 565. The molecule has 2 aromatic rings. The van der Waals surface area contributed by atoms with E-state index in [-0.39, 0.29) is 0 Å². The van der Waals surface area contributed by atoms with Crippen LogP contribution in [0, 0.1) is 0 Å². The first kappa shape index (κ1) is 18.6. The average Bonchev–Trinajstić information content (AvgIpc) is 2.64. The summed E-state index contributed by atoms with van der Waals surface area (Å²) in [6.45, 7) is 4.14. The van der Waals surface area contributed by atoms with E-state index in [4.69, 9.17) is 0 Å². The summed E-state index contributed by atoms with van der Waals surface area (Å²) < 4.78 is 28.6. The van der Waals surface area contributed by atoms with Crippen LogP contribution in [0.2, 0.25) is 0 Å². The molecule has 0 aromatic heterocycles. The fourth-order valence-electron chi connectivity index (χ4n) is 2.93. The molecular formula is C22H28F2. The smallest absolute Gasteiger partial charge is 0.125 e. The molecule has 0 nitrogen and oxygen atoms in total. The lowest BCUT2D eigenvalue weighted by molar-refractivity contribution is 0.315. The lowest BCUT2D eigenvalue weighted by atomic mass is 9.96. The van der Waals surface area contributed by atoms with Gasteiger partial charge in [0.2, 0.25) is 0 Å². The summed E-state index contributed by atoms with van der Waals surface area (Å²) in [4.78, 5) is 0. The molecule has 0 aliphatic rings. The summed E-state index contributed by atoms with van der Waals surface area (Å²) in [5.74, 6) is 0. The van der Waals surface area contributed by atoms with E-state index in [1.54, 1.807) is 0 Å². The summed E-state index contributed by atoms with van der Waals surface area (Å²) in [5, 5.41) is 0. The molecule has 0 aliphatic carbocycles. The molecule has 130 valence electrons. The van der Waals surface area contributed by atoms with Gasteiger partial charge in [-0.25, -0.2) is 8.78 Å². The number of benzene rings is 2. The van der Waals surface area contributed by atoms with E-state index in [1.165, 1.54) is 0 Å². The highest BCUT2D eigenvalue weighted by Crippen LogP contribution is 2.31. The Morgan fingerprint density at radius 2 is 1.12 bits per heavy atom. The molecule has 0 spiro atoms. The topological polar surface area (TPSA) is 0 Å². The van der Waals surface area contributed by atoms with Crippen molar-refractivity contribution in [3.8, 4) is 11.1 Å². The van der Waals surface area contributed by atoms with Gasteiger partial charge >= 0.3 is 0 Å². The Morgan fingerprint density at radius 1 is 0.708 bits per heavy atom. The van der Waals surface area contributed by atoms with Gasteiger partial charge in [0.05, 0.1) is 0 Å². The molecule has 2 heteroatoms. The van der Waals surface area contributed by atoms with Gasteiger partial charge in [-0.1, -0.05) is 75.9 Å². The van der Waals surface area contributed by atoms with E-state index in [1.807, 2.05) is 48.5 Å². The molecule has 0 radical (unpaired) electrons. The Hall–Kier alpha value is -1.70. The van der Waals surface area contributed by atoms with Crippen molar-refractivity contribution in [2.45, 2.75) is 64.7 Å². The van der Waals surface area contributed by atoms with Crippen LogP contribution in [-0.4, -0.2) is 0 Å². The van der Waals surface area contributed by atoms with Gasteiger partial charge in [0.1, 0.15) is 12.3 Å². The molecule has 0 heterocycles. The maximum absolute atomic E-state index is 14.3. The number of rotatable bonds is 9. The molecule has 2 aromatic carbocycles. The largest absolute Gasteiger partial charge is 0.242 e. The molecular weight excluding hydrogens is 302 g/mol. The van der Waals surface area contributed by atoms with E-state index < -0.39 is 12.3 Å². The minimum Gasteiger partial charge on any atom is -0.242 e. The number of halogens is 2. The van der Waals surface area contributed by atoms with Gasteiger partial charge in [0, 0.05) is 0 Å². The monoisotopic (exact) mass is 330 g/mol. The van der Waals surface area contributed by atoms with Crippen LogP contribution in [0.25, 0.3) is 11.1 Å². The summed E-state index contributed by atoms with van der Waals surface area (Å²) in [5.41, 5.74) is 3.34. The van der Waals surface area contributed by atoms with Crippen LogP contribution in [0.4, 0.5) is 8.78 Å². The lowest BCUT2D eigenvalue weighted by Crippen LogP contribution is -1.94. The summed E-state index contributed by atoms with van der Waals surface area (Å²) in [7, 11) is 0. The Labute approximate surface area is 144 Å². The van der Waals surface area contributed by atoms with Crippen LogP contribution in [0.3, 0.4) is 0 Å². The van der Waals surface area contributed by atoms with Crippen molar-refractivity contribution in [3.05, 3.63) is 59.7 Å². The maximum atomic E-state index is 14.3. The van der Waals surface area contributed by atoms with Crippen molar-refractivity contribution in [3.63, 3.8) is 0 Å². The third-order valence-corrected chi connectivity index (χ3v) is 4.45. The summed E-state index contributed by atoms with van der Waals surface area (Å²) in [6.07, 6.45) is 3.05. The summed E-state index contributed by atoms with van der Waals surface area (Å²) >= 11 is 0. The Balaban J connectivity index is 2.19. The first-order valence-corrected chi connectivity index (χ1v) is 9.14. The van der Waals surface area contributed by atoms with Crippen LogP contribution in [0.15, 0.2) is 48.5 Å². The molecule has 2 unspecified atom stereocenters. The van der Waals surface area contributed by atoms with Gasteiger partial charge in [0.25, 0.3) is 0 Å². The second kappa shape index (κ2) is 9.56. The number of hydrogen-bond acceptors (Lipinski definition) is 0. The van der Waals surface area contributed by atoms with E-state index in [9.17, 15) is 8.78 Å². The second-order valence-corrected chi connectivity index (χ2v) is 6.47. The van der Waals surface area contributed by atoms with Crippen molar-refractivity contribution in [2.24, 2.45) is 0 Å². The molecule has 0 saturated carbocycles. The third kappa shape index (κ3) is 5.15. The first-order chi connectivity index (χ1) is 11.7. The highest BCUT2D eigenvalue weighted by Gasteiger charge is 2.12. The highest BCUT2D eigenvalue weighted by atomic mass is 19.1. The van der Waals surface area contributed by atoms with Crippen molar-refractivity contribution < 1.29 is 8.78 Å². The average molecular weight is 330 g/mol. The molecule has 0 bridgehead atoms. The van der Waals surface area contributed by atoms with Crippen LogP contribution >= 0.6 is 0 Å². The minimum absolute atomic E-state index is 0.559. The zero-order chi connectivity index (χ0) is 17.4. The summed E-state index contributed by atoms with van der Waals surface area (Å²) in [6, 6.07) is 15.2. The van der Waals surface area contributed by atoms with Crippen molar-refractivity contribution in [2.75, 3.05) is 0 Å². The first-order valence-electron chi connectivity index (χ1n) is 9.14. The SMILES string of the molecule is CCCCC(F)c1cccc(-c2cccc(C(F)CCCC)c2)c1. The minimum atomic E-state index is -0.924. The van der Waals surface area contributed by atoms with Crippen LogP contribution in [0.5, 0.6) is 0 Å². The predicted molar refractivity (Wildman–Crippen MR) is 98.6 cm³/mol. The van der Waals surface area contributed by atoms with Gasteiger partial charge in [-0.3, -0.25) is 0 Å². The molecule has 24 heavy (non-hydrogen) atoms.